The van der Waals surface area contributed by atoms with Crippen molar-refractivity contribution in [2.45, 2.75) is 95.1 Å². The van der Waals surface area contributed by atoms with E-state index < -0.39 is 0 Å². The summed E-state index contributed by atoms with van der Waals surface area (Å²) in [6.07, 6.45) is 7.94. The zero-order valence-corrected chi connectivity index (χ0v) is 20.3. The van der Waals surface area contributed by atoms with Gasteiger partial charge in [-0.25, -0.2) is 0 Å². The molecule has 3 aliphatic carbocycles. The van der Waals surface area contributed by atoms with Gasteiger partial charge < -0.3 is 10.6 Å². The molecule has 0 bridgehead atoms. The second kappa shape index (κ2) is 6.84. The van der Waals surface area contributed by atoms with Gasteiger partial charge in [0.25, 0.3) is 0 Å². The summed E-state index contributed by atoms with van der Waals surface area (Å²) in [5, 5.41) is 6.62. The number of hydrogen-bond donors (Lipinski definition) is 2. The van der Waals surface area contributed by atoms with Crippen molar-refractivity contribution in [3.63, 3.8) is 0 Å². The number of nitrogens with one attached hydrogen (secondary N) is 2. The third-order valence-corrected chi connectivity index (χ3v) is 9.91. The highest BCUT2D eigenvalue weighted by Crippen LogP contribution is 2.65. The van der Waals surface area contributed by atoms with Gasteiger partial charge in [-0.1, -0.05) is 36.4 Å². The van der Waals surface area contributed by atoms with Crippen LogP contribution in [0.15, 0.2) is 0 Å². The van der Waals surface area contributed by atoms with Gasteiger partial charge in [0, 0.05) is 17.5 Å². The van der Waals surface area contributed by atoms with Crippen molar-refractivity contribution in [1.82, 2.24) is 10.6 Å². The minimum atomic E-state index is -0.163. The number of carbonyl (C=O) groups excluding carboxylic acids is 2. The molecule has 0 aromatic heterocycles. The van der Waals surface area contributed by atoms with E-state index in [-0.39, 0.29) is 38.0 Å². The summed E-state index contributed by atoms with van der Waals surface area (Å²) in [7, 11) is 0. The van der Waals surface area contributed by atoms with E-state index in [0.29, 0.717) is 23.8 Å². The van der Waals surface area contributed by atoms with Crippen LogP contribution in [0.2, 0.25) is 0 Å². The number of rotatable bonds is 1. The summed E-state index contributed by atoms with van der Waals surface area (Å²) in [5.41, 5.74) is 0.195. The molecule has 158 valence electrons. The number of hydrogen-bond acceptors (Lipinski definition) is 2. The lowest BCUT2D eigenvalue weighted by Crippen LogP contribution is -2.63. The predicted octanol–water partition coefficient (Wildman–Crippen LogP) is 4.45. The van der Waals surface area contributed by atoms with Gasteiger partial charge in [-0.15, -0.1) is 0 Å². The fourth-order valence-corrected chi connectivity index (χ4v) is 8.74. The van der Waals surface area contributed by atoms with E-state index in [1.165, 1.54) is 19.3 Å². The first-order valence-electron chi connectivity index (χ1n) is 11.2. The molecule has 4 nitrogen and oxygen atoms in total. The Morgan fingerprint density at radius 2 is 1.75 bits per heavy atom. The number of amides is 2. The Labute approximate surface area is 183 Å². The molecule has 0 spiro atoms. The van der Waals surface area contributed by atoms with Crippen molar-refractivity contribution in [1.29, 1.82) is 0 Å². The first-order valence-corrected chi connectivity index (χ1v) is 12.5. The summed E-state index contributed by atoms with van der Waals surface area (Å²) < 4.78 is 0.0970. The van der Waals surface area contributed by atoms with E-state index in [2.05, 4.69) is 67.8 Å². The lowest BCUT2D eigenvalue weighted by atomic mass is 9.47. The predicted molar refractivity (Wildman–Crippen MR) is 120 cm³/mol. The fraction of sp³-hybridized carbons (Fsp3) is 0.913. The smallest absolute Gasteiger partial charge is 0.233 e. The average Bonchev–Trinajstić information content (AvgIpc) is 2.92. The van der Waals surface area contributed by atoms with Crippen molar-refractivity contribution in [3.05, 3.63) is 0 Å². The monoisotopic (exact) mass is 500 g/mol. The van der Waals surface area contributed by atoms with Crippen molar-refractivity contribution in [2.75, 3.05) is 0 Å². The topological polar surface area (TPSA) is 58.2 Å². The van der Waals surface area contributed by atoms with Crippen LogP contribution in [0.25, 0.3) is 0 Å². The van der Waals surface area contributed by atoms with E-state index in [4.69, 9.17) is 0 Å². The van der Waals surface area contributed by atoms with E-state index in [0.717, 1.165) is 25.7 Å². The van der Waals surface area contributed by atoms with Crippen LogP contribution in [-0.4, -0.2) is 27.3 Å². The highest BCUT2D eigenvalue weighted by molar-refractivity contribution is 14.1. The largest absolute Gasteiger partial charge is 0.352 e. The average molecular weight is 500 g/mol. The molecule has 28 heavy (non-hydrogen) atoms. The third-order valence-electron chi connectivity index (χ3n) is 8.90. The Balaban J connectivity index is 1.56. The molecule has 2 N–H and O–H groups in total. The Hall–Kier alpha value is -0.330. The van der Waals surface area contributed by atoms with Gasteiger partial charge in [0.1, 0.15) is 0 Å². The molecule has 1 aliphatic heterocycles. The molecular weight excluding hydrogens is 463 g/mol. The maximum atomic E-state index is 13.1. The standard InChI is InChI=1S/C23H37IN2O2/c1-21(2,3)26-19(27)16-8-7-14-13-6-9-18-23(5,12-17(24)20(28)25-18)15(13)10-11-22(14,16)4/h13-18H,6-12H2,1-5H3,(H,25,28)(H,26,27)/t13-,14-,15-,16+,17+,18+,22-,23+/m0/s1. The first-order chi connectivity index (χ1) is 13.0. The summed E-state index contributed by atoms with van der Waals surface area (Å²) in [4.78, 5) is 25.3. The van der Waals surface area contributed by atoms with Crippen LogP contribution in [0.5, 0.6) is 0 Å². The van der Waals surface area contributed by atoms with Gasteiger partial charge in [-0.05, 0) is 94.3 Å². The molecule has 1 heterocycles. The van der Waals surface area contributed by atoms with Crippen LogP contribution < -0.4 is 10.6 Å². The molecule has 0 aromatic rings. The molecule has 4 fully saturated rings. The summed E-state index contributed by atoms with van der Waals surface area (Å²) in [6, 6.07) is 0.345. The first kappa shape index (κ1) is 20.9. The zero-order chi connectivity index (χ0) is 20.5. The van der Waals surface area contributed by atoms with Crippen LogP contribution >= 0.6 is 22.6 Å². The van der Waals surface area contributed by atoms with Crippen molar-refractivity contribution in [2.24, 2.45) is 34.5 Å². The molecule has 5 heteroatoms. The molecule has 3 saturated carbocycles. The fourth-order valence-electron chi connectivity index (χ4n) is 7.62. The lowest BCUT2D eigenvalue weighted by molar-refractivity contribution is -0.141. The van der Waals surface area contributed by atoms with E-state index in [1.807, 2.05) is 0 Å². The van der Waals surface area contributed by atoms with Crippen molar-refractivity contribution < 1.29 is 9.59 Å². The minimum Gasteiger partial charge on any atom is -0.352 e. The lowest BCUT2D eigenvalue weighted by Gasteiger charge is -2.60. The van der Waals surface area contributed by atoms with E-state index in [1.54, 1.807) is 0 Å². The summed E-state index contributed by atoms with van der Waals surface area (Å²) >= 11 is 2.34. The quantitative estimate of drug-likeness (QED) is 0.413. The summed E-state index contributed by atoms with van der Waals surface area (Å²) in [6.45, 7) is 11.1. The van der Waals surface area contributed by atoms with Crippen LogP contribution in [0.1, 0.15) is 79.6 Å². The number of carbonyl (C=O) groups is 2. The molecule has 0 radical (unpaired) electrons. The number of piperidine rings is 1. The van der Waals surface area contributed by atoms with Gasteiger partial charge in [-0.2, -0.15) is 0 Å². The molecule has 1 saturated heterocycles. The van der Waals surface area contributed by atoms with Crippen molar-refractivity contribution >= 4 is 34.4 Å². The maximum absolute atomic E-state index is 13.1. The Morgan fingerprint density at radius 3 is 2.43 bits per heavy atom. The highest BCUT2D eigenvalue weighted by Gasteiger charge is 2.62. The Bertz CT molecular complexity index is 674. The maximum Gasteiger partial charge on any atom is 0.233 e. The second-order valence-corrected chi connectivity index (χ2v) is 13.1. The van der Waals surface area contributed by atoms with Gasteiger partial charge in [0.2, 0.25) is 11.8 Å². The van der Waals surface area contributed by atoms with Crippen LogP contribution in [0.3, 0.4) is 0 Å². The van der Waals surface area contributed by atoms with E-state index >= 15 is 0 Å². The van der Waals surface area contributed by atoms with Crippen LogP contribution in [0.4, 0.5) is 0 Å². The zero-order valence-electron chi connectivity index (χ0n) is 18.1. The van der Waals surface area contributed by atoms with Gasteiger partial charge >= 0.3 is 0 Å². The molecule has 0 unspecified atom stereocenters. The Kier molecular flexibility index (Phi) is 5.11. The normalized spacial score (nSPS) is 48.1. The summed E-state index contributed by atoms with van der Waals surface area (Å²) in [5.74, 6) is 2.73. The van der Waals surface area contributed by atoms with E-state index in [9.17, 15) is 9.59 Å². The van der Waals surface area contributed by atoms with Crippen molar-refractivity contribution in [3.8, 4) is 0 Å². The van der Waals surface area contributed by atoms with Gasteiger partial charge in [0.05, 0.1) is 3.92 Å². The minimum absolute atomic E-state index is 0.0970. The molecule has 2 amide bonds. The van der Waals surface area contributed by atoms with Gasteiger partial charge in [0.15, 0.2) is 0 Å². The third kappa shape index (κ3) is 3.22. The molecule has 4 aliphatic rings. The molecular formula is C23H37IN2O2. The molecule has 4 rings (SSSR count). The SMILES string of the molecule is CC(C)(C)NC(=O)[C@H]1CC[C@H]2[C@@H]3CC[C@H]4NC(=O)[C@H](I)C[C@]4(C)[C@H]3CC[C@]12C. The second-order valence-electron chi connectivity index (χ2n) is 11.6. The number of halogens is 1. The molecule has 8 atom stereocenters. The van der Waals surface area contributed by atoms with Crippen LogP contribution in [0, 0.1) is 34.5 Å². The number of fused-ring (bicyclic) bond motifs is 5. The van der Waals surface area contributed by atoms with Gasteiger partial charge in [-0.3, -0.25) is 9.59 Å². The highest BCUT2D eigenvalue weighted by atomic mass is 127. The Morgan fingerprint density at radius 1 is 1.07 bits per heavy atom. The number of alkyl halides is 1. The molecule has 0 aromatic carbocycles. The van der Waals surface area contributed by atoms with Crippen LogP contribution in [-0.2, 0) is 9.59 Å².